The number of H-pyrrole nitrogens is 1. The van der Waals surface area contributed by atoms with E-state index in [1.165, 1.54) is 0 Å². The molecule has 0 bridgehead atoms. The van der Waals surface area contributed by atoms with Crippen LogP contribution < -0.4 is 9.47 Å². The molecule has 3 heterocycles. The number of rotatable bonds is 5. The van der Waals surface area contributed by atoms with Crippen LogP contribution in [-0.2, 0) is 0 Å². The van der Waals surface area contributed by atoms with Gasteiger partial charge in [0.15, 0.2) is 0 Å². The van der Waals surface area contributed by atoms with Crippen LogP contribution in [0.3, 0.4) is 0 Å². The normalized spacial score (nSPS) is 16.5. The predicted molar refractivity (Wildman–Crippen MR) is 107 cm³/mol. The molecule has 1 unspecified atom stereocenters. The molecule has 1 saturated heterocycles. The van der Waals surface area contributed by atoms with E-state index in [1.54, 1.807) is 30.3 Å². The number of aromatic nitrogens is 4. The minimum absolute atomic E-state index is 0.0844. The fourth-order valence-electron chi connectivity index (χ4n) is 3.42. The lowest BCUT2D eigenvalue weighted by atomic mass is 10.1. The van der Waals surface area contributed by atoms with Gasteiger partial charge in [-0.3, -0.25) is 9.89 Å². The Morgan fingerprint density at radius 2 is 2.17 bits per heavy atom. The van der Waals surface area contributed by atoms with Gasteiger partial charge < -0.3 is 14.4 Å². The maximum absolute atomic E-state index is 13.0. The first kappa shape index (κ1) is 18.9. The number of carbonyl (C=O) groups is 1. The molecule has 8 nitrogen and oxygen atoms in total. The van der Waals surface area contributed by atoms with E-state index in [4.69, 9.17) is 9.47 Å². The van der Waals surface area contributed by atoms with Crippen molar-refractivity contribution in [2.75, 3.05) is 20.2 Å². The Morgan fingerprint density at radius 1 is 1.28 bits per heavy atom. The fourth-order valence-corrected chi connectivity index (χ4v) is 3.42. The molecule has 4 rings (SSSR count). The molecule has 0 spiro atoms. The molecule has 1 atom stereocenters. The highest BCUT2D eigenvalue weighted by molar-refractivity contribution is 5.93. The van der Waals surface area contributed by atoms with Gasteiger partial charge >= 0.3 is 0 Å². The zero-order chi connectivity index (χ0) is 20.2. The number of nitrogens with one attached hydrogen (secondary N) is 1. The molecule has 8 heteroatoms. The molecular formula is C21H23N5O3. The van der Waals surface area contributed by atoms with Crippen LogP contribution in [-0.4, -0.2) is 57.3 Å². The van der Waals surface area contributed by atoms with Gasteiger partial charge in [0.05, 0.1) is 19.3 Å². The average molecular weight is 393 g/mol. The molecule has 29 heavy (non-hydrogen) atoms. The second kappa shape index (κ2) is 8.30. The summed E-state index contributed by atoms with van der Waals surface area (Å²) in [6.45, 7) is 3.02. The van der Waals surface area contributed by atoms with Gasteiger partial charge in [-0.05, 0) is 38.0 Å². The third kappa shape index (κ3) is 4.37. The van der Waals surface area contributed by atoms with Crippen molar-refractivity contribution >= 4 is 5.91 Å². The summed E-state index contributed by atoms with van der Waals surface area (Å²) in [4.78, 5) is 23.1. The summed E-state index contributed by atoms with van der Waals surface area (Å²) in [5.41, 5.74) is 2.05. The van der Waals surface area contributed by atoms with E-state index in [0.717, 1.165) is 24.2 Å². The van der Waals surface area contributed by atoms with Crippen LogP contribution in [0.4, 0.5) is 0 Å². The predicted octanol–water partition coefficient (Wildman–Crippen LogP) is 2.87. The Hall–Kier alpha value is -3.42. The largest absolute Gasteiger partial charge is 0.497 e. The average Bonchev–Trinajstić information content (AvgIpc) is 3.24. The minimum Gasteiger partial charge on any atom is -0.497 e. The lowest BCUT2D eigenvalue weighted by Gasteiger charge is -2.32. The second-order valence-corrected chi connectivity index (χ2v) is 6.97. The van der Waals surface area contributed by atoms with Crippen molar-refractivity contribution in [3.05, 3.63) is 54.1 Å². The Bertz CT molecular complexity index is 1000. The summed E-state index contributed by atoms with van der Waals surface area (Å²) >= 11 is 0. The van der Waals surface area contributed by atoms with E-state index < -0.39 is 0 Å². The molecule has 1 N–H and O–H groups in total. The molecule has 0 radical (unpaired) electrons. The van der Waals surface area contributed by atoms with Crippen LogP contribution in [0, 0.1) is 6.92 Å². The first-order chi connectivity index (χ1) is 14.1. The van der Waals surface area contributed by atoms with Gasteiger partial charge in [-0.15, -0.1) is 0 Å². The van der Waals surface area contributed by atoms with E-state index in [2.05, 4.69) is 20.2 Å². The number of hydrogen-bond donors (Lipinski definition) is 1. The lowest BCUT2D eigenvalue weighted by Crippen LogP contribution is -2.44. The van der Waals surface area contributed by atoms with Crippen LogP contribution in [0.25, 0.3) is 11.3 Å². The van der Waals surface area contributed by atoms with Crippen molar-refractivity contribution in [1.29, 1.82) is 0 Å². The van der Waals surface area contributed by atoms with Crippen LogP contribution in [0.1, 0.15) is 29.2 Å². The van der Waals surface area contributed by atoms with Gasteiger partial charge in [0.25, 0.3) is 5.91 Å². The number of methoxy groups -OCH3 is 1. The van der Waals surface area contributed by atoms with Crippen molar-refractivity contribution in [2.24, 2.45) is 0 Å². The molecule has 3 aromatic rings. The number of ether oxygens (including phenoxy) is 2. The summed E-state index contributed by atoms with van der Waals surface area (Å²) in [7, 11) is 1.62. The molecule has 0 saturated carbocycles. The number of nitrogens with zero attached hydrogens (tertiary/aromatic N) is 4. The van der Waals surface area contributed by atoms with E-state index in [9.17, 15) is 4.79 Å². The standard InChI is InChI=1S/C21H23N5O3/c1-14-22-9-8-20(23-14)29-17-7-4-10-26(13-17)21(27)19-12-18(24-25-19)15-5-3-6-16(11-15)28-2/h3,5-6,8-9,11-12,17H,4,7,10,13H2,1-2H3,(H,24,25). The summed E-state index contributed by atoms with van der Waals surface area (Å²) in [6.07, 6.45) is 3.33. The van der Waals surface area contributed by atoms with Crippen molar-refractivity contribution in [1.82, 2.24) is 25.1 Å². The summed E-state index contributed by atoms with van der Waals surface area (Å²) in [5.74, 6) is 1.86. The molecule has 0 aliphatic carbocycles. The third-order valence-corrected chi connectivity index (χ3v) is 4.88. The molecule has 1 aliphatic heterocycles. The van der Waals surface area contributed by atoms with Crippen molar-refractivity contribution < 1.29 is 14.3 Å². The quantitative estimate of drug-likeness (QED) is 0.716. The molecular weight excluding hydrogens is 370 g/mol. The maximum Gasteiger partial charge on any atom is 0.272 e. The highest BCUT2D eigenvalue weighted by atomic mass is 16.5. The van der Waals surface area contributed by atoms with Crippen molar-refractivity contribution in [2.45, 2.75) is 25.9 Å². The lowest BCUT2D eigenvalue weighted by molar-refractivity contribution is 0.0522. The number of aromatic amines is 1. The van der Waals surface area contributed by atoms with E-state index in [1.807, 2.05) is 31.2 Å². The topological polar surface area (TPSA) is 93.2 Å². The van der Waals surface area contributed by atoms with Crippen molar-refractivity contribution in [3.63, 3.8) is 0 Å². The maximum atomic E-state index is 13.0. The number of aryl methyl sites for hydroxylation is 1. The Morgan fingerprint density at radius 3 is 3.00 bits per heavy atom. The zero-order valence-electron chi connectivity index (χ0n) is 16.5. The molecule has 150 valence electrons. The van der Waals surface area contributed by atoms with E-state index in [-0.39, 0.29) is 12.0 Å². The Labute approximate surface area is 168 Å². The van der Waals surface area contributed by atoms with Gasteiger partial charge in [0, 0.05) is 24.4 Å². The highest BCUT2D eigenvalue weighted by Crippen LogP contribution is 2.24. The van der Waals surface area contributed by atoms with E-state index in [0.29, 0.717) is 36.2 Å². The van der Waals surface area contributed by atoms with Gasteiger partial charge in [-0.1, -0.05) is 12.1 Å². The smallest absolute Gasteiger partial charge is 0.272 e. The monoisotopic (exact) mass is 393 g/mol. The van der Waals surface area contributed by atoms with Gasteiger partial charge in [-0.25, -0.2) is 4.98 Å². The Kier molecular flexibility index (Phi) is 5.41. The summed E-state index contributed by atoms with van der Waals surface area (Å²) in [6, 6.07) is 11.1. The van der Waals surface area contributed by atoms with Gasteiger partial charge in [-0.2, -0.15) is 10.1 Å². The number of benzene rings is 1. The minimum atomic E-state index is -0.0947. The number of hydrogen-bond acceptors (Lipinski definition) is 6. The Balaban J connectivity index is 1.44. The molecule has 2 aromatic heterocycles. The fraction of sp³-hybridized carbons (Fsp3) is 0.333. The first-order valence-electron chi connectivity index (χ1n) is 9.58. The summed E-state index contributed by atoms with van der Waals surface area (Å²) in [5, 5.41) is 7.17. The molecule has 1 aliphatic rings. The van der Waals surface area contributed by atoms with E-state index >= 15 is 0 Å². The van der Waals surface area contributed by atoms with Crippen LogP contribution in [0.5, 0.6) is 11.6 Å². The summed E-state index contributed by atoms with van der Waals surface area (Å²) < 4.78 is 11.2. The SMILES string of the molecule is COc1cccc(-c2cc(C(=O)N3CCCC(Oc4ccnc(C)n4)C3)[nH]n2)c1. The molecule has 1 aromatic carbocycles. The third-order valence-electron chi connectivity index (χ3n) is 4.88. The van der Waals surface area contributed by atoms with Gasteiger partial charge in [0.2, 0.25) is 5.88 Å². The molecule has 1 amide bonds. The molecule has 1 fully saturated rings. The van der Waals surface area contributed by atoms with Crippen LogP contribution in [0.15, 0.2) is 42.6 Å². The van der Waals surface area contributed by atoms with Gasteiger partial charge in [0.1, 0.15) is 23.4 Å². The first-order valence-corrected chi connectivity index (χ1v) is 9.58. The van der Waals surface area contributed by atoms with Crippen molar-refractivity contribution in [3.8, 4) is 22.9 Å². The number of likely N-dealkylation sites (tertiary alicyclic amines) is 1. The number of piperidine rings is 1. The van der Waals surface area contributed by atoms with Crippen LogP contribution in [0.2, 0.25) is 0 Å². The van der Waals surface area contributed by atoms with Crippen LogP contribution >= 0.6 is 0 Å². The zero-order valence-corrected chi connectivity index (χ0v) is 16.5. The highest BCUT2D eigenvalue weighted by Gasteiger charge is 2.27. The number of carbonyl (C=O) groups excluding carboxylic acids is 1. The number of amides is 1. The second-order valence-electron chi connectivity index (χ2n) is 6.97.